The molecule has 2 aromatic heterocycles. The monoisotopic (exact) mass is 324 g/mol. The Morgan fingerprint density at radius 2 is 1.75 bits per heavy atom. The highest BCUT2D eigenvalue weighted by Crippen LogP contribution is 2.15. The summed E-state index contributed by atoms with van der Waals surface area (Å²) < 4.78 is 7.18. The second-order valence-electron chi connectivity index (χ2n) is 5.85. The topological polar surface area (TPSA) is 69.9 Å². The van der Waals surface area contributed by atoms with Gasteiger partial charge in [-0.2, -0.15) is 5.10 Å². The summed E-state index contributed by atoms with van der Waals surface area (Å²) in [5.74, 6) is -0.288. The molecule has 0 unspecified atom stereocenters. The van der Waals surface area contributed by atoms with E-state index in [0.717, 1.165) is 33.7 Å². The summed E-state index contributed by atoms with van der Waals surface area (Å²) in [6, 6.07) is 7.65. The number of aromatic nitrogens is 4. The minimum atomic E-state index is -0.288. The van der Waals surface area contributed by atoms with E-state index in [1.165, 1.54) is 0 Å². The number of nitrogens with zero attached hydrogens (tertiary/aromatic N) is 4. The van der Waals surface area contributed by atoms with Gasteiger partial charge in [0, 0.05) is 18.3 Å². The van der Waals surface area contributed by atoms with Crippen molar-refractivity contribution in [3.05, 3.63) is 52.6 Å². The van der Waals surface area contributed by atoms with Crippen molar-refractivity contribution in [2.24, 2.45) is 7.05 Å². The SMILES string of the molecule is Cc1nc2ccccc2nc1COC(=O)Cc1c(C)nn(C)c1C. The van der Waals surface area contributed by atoms with Gasteiger partial charge < -0.3 is 4.74 Å². The molecule has 0 radical (unpaired) electrons. The van der Waals surface area contributed by atoms with Crippen LogP contribution in [0.25, 0.3) is 11.0 Å². The summed E-state index contributed by atoms with van der Waals surface area (Å²) in [4.78, 5) is 21.2. The van der Waals surface area contributed by atoms with Crippen LogP contribution in [0.1, 0.15) is 28.3 Å². The second kappa shape index (κ2) is 6.39. The van der Waals surface area contributed by atoms with Crippen LogP contribution in [-0.4, -0.2) is 25.7 Å². The Labute approximate surface area is 140 Å². The zero-order valence-electron chi connectivity index (χ0n) is 14.3. The van der Waals surface area contributed by atoms with Crippen LogP contribution in [0.4, 0.5) is 0 Å². The largest absolute Gasteiger partial charge is 0.459 e. The Kier molecular flexibility index (Phi) is 4.29. The lowest BCUT2D eigenvalue weighted by atomic mass is 10.1. The number of para-hydroxylation sites is 2. The molecule has 24 heavy (non-hydrogen) atoms. The first-order valence-electron chi connectivity index (χ1n) is 7.82. The van der Waals surface area contributed by atoms with Gasteiger partial charge in [-0.25, -0.2) is 9.97 Å². The van der Waals surface area contributed by atoms with Crippen molar-refractivity contribution < 1.29 is 9.53 Å². The first-order chi connectivity index (χ1) is 11.5. The number of hydrogen-bond donors (Lipinski definition) is 0. The molecule has 0 saturated carbocycles. The summed E-state index contributed by atoms with van der Waals surface area (Å²) in [5, 5.41) is 4.32. The van der Waals surface area contributed by atoms with Crippen LogP contribution in [0.5, 0.6) is 0 Å². The van der Waals surface area contributed by atoms with Crippen molar-refractivity contribution in [1.82, 2.24) is 19.7 Å². The average molecular weight is 324 g/mol. The van der Waals surface area contributed by atoms with Gasteiger partial charge in [-0.3, -0.25) is 9.48 Å². The van der Waals surface area contributed by atoms with E-state index in [4.69, 9.17) is 4.74 Å². The fourth-order valence-corrected chi connectivity index (χ4v) is 2.68. The number of benzene rings is 1. The van der Waals surface area contributed by atoms with Gasteiger partial charge in [0.2, 0.25) is 0 Å². The van der Waals surface area contributed by atoms with Crippen LogP contribution in [0, 0.1) is 20.8 Å². The van der Waals surface area contributed by atoms with E-state index < -0.39 is 0 Å². The lowest BCUT2D eigenvalue weighted by Gasteiger charge is -2.08. The number of hydrogen-bond acceptors (Lipinski definition) is 5. The van der Waals surface area contributed by atoms with Crippen molar-refractivity contribution in [2.75, 3.05) is 0 Å². The molecule has 0 atom stereocenters. The zero-order chi connectivity index (χ0) is 17.3. The van der Waals surface area contributed by atoms with E-state index in [1.807, 2.05) is 52.1 Å². The molecule has 0 aliphatic heterocycles. The molecule has 0 aliphatic rings. The molecule has 2 heterocycles. The Bertz CT molecular complexity index is 915. The lowest BCUT2D eigenvalue weighted by molar-refractivity contribution is -0.144. The fraction of sp³-hybridized carbons (Fsp3) is 0.333. The first kappa shape index (κ1) is 16.1. The van der Waals surface area contributed by atoms with Crippen LogP contribution < -0.4 is 0 Å². The summed E-state index contributed by atoms with van der Waals surface area (Å²) in [7, 11) is 1.87. The maximum atomic E-state index is 12.2. The van der Waals surface area contributed by atoms with Gasteiger partial charge >= 0.3 is 5.97 Å². The molecule has 1 aromatic carbocycles. The molecule has 0 amide bonds. The van der Waals surface area contributed by atoms with Gasteiger partial charge in [0.15, 0.2) is 0 Å². The van der Waals surface area contributed by atoms with Gasteiger partial charge in [-0.15, -0.1) is 0 Å². The average Bonchev–Trinajstić information content (AvgIpc) is 2.79. The molecule has 3 rings (SSSR count). The second-order valence-corrected chi connectivity index (χ2v) is 5.85. The molecule has 0 N–H and O–H groups in total. The van der Waals surface area contributed by atoms with E-state index in [1.54, 1.807) is 4.68 Å². The standard InChI is InChI=1S/C18H20N4O2/c1-11-14(13(3)22(4)21-11)9-18(23)24-10-17-12(2)19-15-7-5-6-8-16(15)20-17/h5-8H,9-10H2,1-4H3. The van der Waals surface area contributed by atoms with E-state index in [9.17, 15) is 4.79 Å². The maximum Gasteiger partial charge on any atom is 0.310 e. The van der Waals surface area contributed by atoms with Gasteiger partial charge in [-0.1, -0.05) is 12.1 Å². The summed E-state index contributed by atoms with van der Waals surface area (Å²) >= 11 is 0. The molecule has 3 aromatic rings. The number of esters is 1. The lowest BCUT2D eigenvalue weighted by Crippen LogP contribution is -2.11. The number of fused-ring (bicyclic) bond motifs is 1. The quantitative estimate of drug-likeness (QED) is 0.690. The summed E-state index contributed by atoms with van der Waals surface area (Å²) in [6.45, 7) is 5.84. The normalized spacial score (nSPS) is 11.0. The Hall–Kier alpha value is -2.76. The van der Waals surface area contributed by atoms with Crippen LogP contribution in [-0.2, 0) is 29.6 Å². The number of ether oxygens (including phenoxy) is 1. The third kappa shape index (κ3) is 3.13. The fourth-order valence-electron chi connectivity index (χ4n) is 2.68. The van der Waals surface area contributed by atoms with Crippen molar-refractivity contribution in [3.63, 3.8) is 0 Å². The maximum absolute atomic E-state index is 12.2. The van der Waals surface area contributed by atoms with Crippen molar-refractivity contribution in [3.8, 4) is 0 Å². The minimum Gasteiger partial charge on any atom is -0.459 e. The van der Waals surface area contributed by atoms with Crippen molar-refractivity contribution in [1.29, 1.82) is 0 Å². The highest BCUT2D eigenvalue weighted by Gasteiger charge is 2.15. The first-order valence-corrected chi connectivity index (χ1v) is 7.82. The Balaban J connectivity index is 1.71. The van der Waals surface area contributed by atoms with E-state index in [2.05, 4.69) is 15.1 Å². The zero-order valence-corrected chi connectivity index (χ0v) is 14.3. The number of carbonyl (C=O) groups excluding carboxylic acids is 1. The molecule has 0 spiro atoms. The molecule has 6 heteroatoms. The molecule has 0 fully saturated rings. The summed E-state index contributed by atoms with van der Waals surface area (Å²) in [5.41, 5.74) is 5.85. The van der Waals surface area contributed by atoms with Gasteiger partial charge in [0.05, 0.1) is 34.5 Å². The number of rotatable bonds is 4. The predicted molar refractivity (Wildman–Crippen MR) is 90.5 cm³/mol. The molecule has 0 bridgehead atoms. The molecule has 0 aliphatic carbocycles. The van der Waals surface area contributed by atoms with E-state index in [-0.39, 0.29) is 19.0 Å². The molecule has 124 valence electrons. The molecule has 0 saturated heterocycles. The third-order valence-corrected chi connectivity index (χ3v) is 4.19. The highest BCUT2D eigenvalue weighted by molar-refractivity contribution is 5.75. The third-order valence-electron chi connectivity index (χ3n) is 4.19. The number of aryl methyl sites for hydroxylation is 3. The van der Waals surface area contributed by atoms with Crippen molar-refractivity contribution in [2.45, 2.75) is 33.8 Å². The predicted octanol–water partition coefficient (Wildman–Crippen LogP) is 2.57. The highest BCUT2D eigenvalue weighted by atomic mass is 16.5. The number of carbonyl (C=O) groups is 1. The minimum absolute atomic E-state index is 0.126. The smallest absolute Gasteiger partial charge is 0.310 e. The van der Waals surface area contributed by atoms with Crippen LogP contribution in [0.15, 0.2) is 24.3 Å². The molecular formula is C18H20N4O2. The van der Waals surface area contributed by atoms with Gasteiger partial charge in [0.1, 0.15) is 6.61 Å². The van der Waals surface area contributed by atoms with E-state index >= 15 is 0 Å². The Morgan fingerprint density at radius 3 is 2.38 bits per heavy atom. The van der Waals surface area contributed by atoms with E-state index in [0.29, 0.717) is 5.69 Å². The molecular weight excluding hydrogens is 304 g/mol. The van der Waals surface area contributed by atoms with Crippen LogP contribution >= 0.6 is 0 Å². The summed E-state index contributed by atoms with van der Waals surface area (Å²) in [6.07, 6.45) is 0.214. The van der Waals surface area contributed by atoms with Gasteiger partial charge in [-0.05, 0) is 32.9 Å². The van der Waals surface area contributed by atoms with Crippen molar-refractivity contribution >= 4 is 17.0 Å². The van der Waals surface area contributed by atoms with Crippen LogP contribution in [0.2, 0.25) is 0 Å². The van der Waals surface area contributed by atoms with Gasteiger partial charge in [0.25, 0.3) is 0 Å². The Morgan fingerprint density at radius 1 is 1.08 bits per heavy atom. The molecule has 6 nitrogen and oxygen atoms in total. The van der Waals surface area contributed by atoms with Crippen LogP contribution in [0.3, 0.4) is 0 Å².